The quantitative estimate of drug-likeness (QED) is 0.639. The predicted octanol–water partition coefficient (Wildman–Crippen LogP) is 4.82. The molecule has 2 aromatic rings. The molecule has 30 heavy (non-hydrogen) atoms. The van der Waals surface area contributed by atoms with E-state index in [9.17, 15) is 13.6 Å². The van der Waals surface area contributed by atoms with Gasteiger partial charge >= 0.3 is 6.03 Å². The van der Waals surface area contributed by atoms with Crippen LogP contribution in [-0.2, 0) is 6.42 Å². The molecular weight excluding hydrogens is 384 g/mol. The van der Waals surface area contributed by atoms with Gasteiger partial charge in [0.05, 0.1) is 0 Å². The normalized spacial score (nSPS) is 23.3. The van der Waals surface area contributed by atoms with Crippen LogP contribution >= 0.6 is 0 Å². The second kappa shape index (κ2) is 9.56. The minimum atomic E-state index is -0.325. The van der Waals surface area contributed by atoms with Crippen molar-refractivity contribution in [3.8, 4) is 0 Å². The molecule has 2 N–H and O–H groups in total. The maximum absolute atomic E-state index is 13.2. The zero-order valence-electron chi connectivity index (χ0n) is 17.1. The van der Waals surface area contributed by atoms with Crippen molar-refractivity contribution in [1.29, 1.82) is 0 Å². The lowest BCUT2D eigenvalue weighted by molar-refractivity contribution is 0.000976. The van der Waals surface area contributed by atoms with E-state index in [0.29, 0.717) is 24.2 Å². The first-order chi connectivity index (χ1) is 14.6. The van der Waals surface area contributed by atoms with Gasteiger partial charge < -0.3 is 10.6 Å². The third-order valence-corrected chi connectivity index (χ3v) is 6.43. The van der Waals surface area contributed by atoms with Crippen molar-refractivity contribution >= 4 is 11.7 Å². The Morgan fingerprint density at radius 1 is 1.00 bits per heavy atom. The number of piperidine rings is 2. The Bertz CT molecular complexity index is 841. The molecule has 0 radical (unpaired) electrons. The van der Waals surface area contributed by atoms with Gasteiger partial charge in [-0.05, 0) is 85.9 Å². The van der Waals surface area contributed by atoms with Crippen LogP contribution in [-0.4, -0.2) is 36.6 Å². The monoisotopic (exact) mass is 413 g/mol. The molecule has 6 heteroatoms. The molecule has 3 fully saturated rings. The second-order valence-corrected chi connectivity index (χ2v) is 8.57. The summed E-state index contributed by atoms with van der Waals surface area (Å²) in [7, 11) is 0. The van der Waals surface area contributed by atoms with Crippen LogP contribution in [0.2, 0.25) is 0 Å². The van der Waals surface area contributed by atoms with Gasteiger partial charge in [-0.3, -0.25) is 4.90 Å². The topological polar surface area (TPSA) is 44.4 Å². The van der Waals surface area contributed by atoms with E-state index in [-0.39, 0.29) is 17.7 Å². The number of nitrogens with one attached hydrogen (secondary N) is 2. The maximum atomic E-state index is 13.2. The van der Waals surface area contributed by atoms with Gasteiger partial charge in [-0.25, -0.2) is 13.6 Å². The fraction of sp³-hybridized carbons (Fsp3) is 0.458. The molecular formula is C24H29F2N3O. The van der Waals surface area contributed by atoms with E-state index in [1.165, 1.54) is 37.0 Å². The van der Waals surface area contributed by atoms with Crippen molar-refractivity contribution in [3.05, 3.63) is 65.7 Å². The summed E-state index contributed by atoms with van der Waals surface area (Å²) in [6, 6.07) is 13.0. The average Bonchev–Trinajstić information content (AvgIpc) is 2.75. The Kier molecular flexibility index (Phi) is 6.62. The van der Waals surface area contributed by atoms with E-state index in [1.54, 1.807) is 24.3 Å². The molecule has 0 spiro atoms. The fourth-order valence-corrected chi connectivity index (χ4v) is 5.05. The average molecular weight is 414 g/mol. The molecule has 0 unspecified atom stereocenters. The number of amides is 2. The summed E-state index contributed by atoms with van der Waals surface area (Å²) in [6.45, 7) is 2.72. The molecule has 0 aromatic heterocycles. The number of hydrogen-bond acceptors (Lipinski definition) is 2. The minimum absolute atomic E-state index is 0.179. The summed E-state index contributed by atoms with van der Waals surface area (Å²) in [4.78, 5) is 14.6. The second-order valence-electron chi connectivity index (χ2n) is 8.57. The lowest BCUT2D eigenvalue weighted by atomic mass is 9.70. The van der Waals surface area contributed by atoms with E-state index in [4.69, 9.17) is 0 Å². The van der Waals surface area contributed by atoms with Gasteiger partial charge in [0, 0.05) is 31.4 Å². The van der Waals surface area contributed by atoms with Gasteiger partial charge in [0.1, 0.15) is 11.6 Å². The molecule has 3 aliphatic rings. The Labute approximate surface area is 176 Å². The Morgan fingerprint density at radius 2 is 1.70 bits per heavy atom. The largest absolute Gasteiger partial charge is 0.338 e. The first-order valence-corrected chi connectivity index (χ1v) is 10.9. The van der Waals surface area contributed by atoms with E-state index in [0.717, 1.165) is 31.8 Å². The number of fused-ring (bicyclic) bond motifs is 3. The van der Waals surface area contributed by atoms with Crippen LogP contribution in [0.15, 0.2) is 48.5 Å². The first kappa shape index (κ1) is 20.8. The third-order valence-electron chi connectivity index (χ3n) is 6.43. The molecule has 4 nitrogen and oxygen atoms in total. The third kappa shape index (κ3) is 5.36. The van der Waals surface area contributed by atoms with Crippen LogP contribution in [0.25, 0.3) is 0 Å². The molecule has 2 aromatic carbocycles. The Hall–Kier alpha value is -2.47. The number of urea groups is 1. The van der Waals surface area contributed by atoms with Crippen LogP contribution in [0.3, 0.4) is 0 Å². The summed E-state index contributed by atoms with van der Waals surface area (Å²) in [5, 5.41) is 5.60. The number of carbonyl (C=O) groups is 1. The lowest BCUT2D eigenvalue weighted by Gasteiger charge is -2.50. The van der Waals surface area contributed by atoms with Crippen molar-refractivity contribution in [2.75, 3.05) is 25.0 Å². The van der Waals surface area contributed by atoms with Crippen LogP contribution < -0.4 is 10.6 Å². The van der Waals surface area contributed by atoms with Crippen molar-refractivity contribution in [2.45, 2.75) is 38.1 Å². The molecule has 5 rings (SSSR count). The van der Waals surface area contributed by atoms with E-state index >= 15 is 0 Å². The van der Waals surface area contributed by atoms with Crippen molar-refractivity contribution in [1.82, 2.24) is 10.2 Å². The van der Waals surface area contributed by atoms with Crippen LogP contribution in [0, 0.1) is 23.5 Å². The highest BCUT2D eigenvalue weighted by molar-refractivity contribution is 5.89. The van der Waals surface area contributed by atoms with Gasteiger partial charge in [-0.15, -0.1) is 0 Å². The van der Waals surface area contributed by atoms with Gasteiger partial charge in [0.25, 0.3) is 0 Å². The molecule has 2 saturated heterocycles. The van der Waals surface area contributed by atoms with E-state index < -0.39 is 0 Å². The molecule has 1 saturated carbocycles. The SMILES string of the molecule is O=C(NCCCN1C[C@@H]2CC[C@@H]1[C@H](Cc1ccc(F)cc1)C2)Nc1ccc(F)cc1. The number of anilines is 1. The summed E-state index contributed by atoms with van der Waals surface area (Å²) < 4.78 is 26.1. The highest BCUT2D eigenvalue weighted by Crippen LogP contribution is 2.40. The van der Waals surface area contributed by atoms with Gasteiger partial charge in [0.15, 0.2) is 0 Å². The zero-order chi connectivity index (χ0) is 20.9. The Morgan fingerprint density at radius 3 is 2.40 bits per heavy atom. The number of benzene rings is 2. The number of rotatable bonds is 7. The van der Waals surface area contributed by atoms with E-state index in [2.05, 4.69) is 15.5 Å². The first-order valence-electron chi connectivity index (χ1n) is 10.9. The summed E-state index contributed by atoms with van der Waals surface area (Å²) in [5.74, 6) is 0.865. The van der Waals surface area contributed by atoms with E-state index in [1.807, 2.05) is 12.1 Å². The van der Waals surface area contributed by atoms with Gasteiger partial charge in [0.2, 0.25) is 0 Å². The molecule has 2 amide bonds. The standard InChI is InChI=1S/C24H29F2N3O/c25-20-5-2-17(3-6-20)14-19-15-18-4-11-23(19)29(16-18)13-1-12-27-24(30)28-22-9-7-21(26)8-10-22/h2-3,5-10,18-19,23H,1,4,11-16H2,(H2,27,28,30)/t18-,19-,23-/m1/s1. The molecule has 2 heterocycles. The van der Waals surface area contributed by atoms with Gasteiger partial charge in [-0.2, -0.15) is 0 Å². The van der Waals surface area contributed by atoms with Crippen LogP contribution in [0.1, 0.15) is 31.2 Å². The minimum Gasteiger partial charge on any atom is -0.338 e. The summed E-state index contributed by atoms with van der Waals surface area (Å²) in [6.07, 6.45) is 5.70. The Balaban J connectivity index is 1.22. The van der Waals surface area contributed by atoms with Crippen LogP contribution in [0.5, 0.6) is 0 Å². The molecule has 2 aliphatic heterocycles. The summed E-state index contributed by atoms with van der Waals surface area (Å²) >= 11 is 0. The lowest BCUT2D eigenvalue weighted by Crippen LogP contribution is -2.54. The molecule has 2 bridgehead atoms. The molecule has 160 valence electrons. The smallest absolute Gasteiger partial charge is 0.319 e. The predicted molar refractivity (Wildman–Crippen MR) is 114 cm³/mol. The number of halogens is 2. The number of hydrogen-bond donors (Lipinski definition) is 2. The molecule has 1 aliphatic carbocycles. The number of nitrogens with zero attached hydrogens (tertiary/aromatic N) is 1. The van der Waals surface area contributed by atoms with Crippen molar-refractivity contribution in [2.24, 2.45) is 11.8 Å². The van der Waals surface area contributed by atoms with Crippen LogP contribution in [0.4, 0.5) is 19.3 Å². The van der Waals surface area contributed by atoms with Gasteiger partial charge in [-0.1, -0.05) is 12.1 Å². The fourth-order valence-electron chi connectivity index (χ4n) is 5.05. The van der Waals surface area contributed by atoms with Crippen molar-refractivity contribution in [3.63, 3.8) is 0 Å². The summed E-state index contributed by atoms with van der Waals surface area (Å²) in [5.41, 5.74) is 1.79. The highest BCUT2D eigenvalue weighted by Gasteiger charge is 2.40. The maximum Gasteiger partial charge on any atom is 0.319 e. The highest BCUT2D eigenvalue weighted by atomic mass is 19.1. The molecule has 3 atom stereocenters. The van der Waals surface area contributed by atoms with Crippen molar-refractivity contribution < 1.29 is 13.6 Å². The number of carbonyl (C=O) groups excluding carboxylic acids is 1. The zero-order valence-corrected chi connectivity index (χ0v) is 17.1.